The van der Waals surface area contributed by atoms with Gasteiger partial charge >= 0.3 is 6.09 Å². The second-order valence-corrected chi connectivity index (χ2v) is 6.09. The van der Waals surface area contributed by atoms with Crippen molar-refractivity contribution < 1.29 is 14.3 Å². The lowest BCUT2D eigenvalue weighted by molar-refractivity contribution is -0.118. The number of Topliss-reactive ketones (excluding diaryl/α,β-unsaturated/α-hetero) is 1. The number of hydrogen-bond donors (Lipinski definition) is 0. The highest BCUT2D eigenvalue weighted by molar-refractivity contribution is 5.84. The number of nitrogens with zero attached hydrogens (tertiary/aromatic N) is 1. The molecule has 4 heteroatoms. The van der Waals surface area contributed by atoms with Crippen LogP contribution in [0.5, 0.6) is 0 Å². The summed E-state index contributed by atoms with van der Waals surface area (Å²) in [6, 6.07) is 10.0. The zero-order chi connectivity index (χ0) is 15.0. The lowest BCUT2D eigenvalue weighted by Crippen LogP contribution is -2.35. The van der Waals surface area contributed by atoms with Crippen molar-refractivity contribution in [3.63, 3.8) is 0 Å². The minimum absolute atomic E-state index is 0.185. The maximum absolute atomic E-state index is 12.1. The molecule has 1 saturated heterocycles. The second kappa shape index (κ2) is 5.02. The van der Waals surface area contributed by atoms with E-state index in [4.69, 9.17) is 4.74 Å². The number of allylic oxidation sites excluding steroid dienone is 1. The number of ether oxygens (including phenoxy) is 1. The molecule has 0 N–H and O–H groups in total. The van der Waals surface area contributed by atoms with Crippen LogP contribution in [0, 0.1) is 5.92 Å². The van der Waals surface area contributed by atoms with E-state index < -0.39 is 0 Å². The summed E-state index contributed by atoms with van der Waals surface area (Å²) in [5.41, 5.74) is 0.901. The molecule has 2 atom stereocenters. The number of carbonyl (C=O) groups is 2. The number of rotatable bonds is 2. The molecule has 2 aliphatic rings. The molecule has 0 unspecified atom stereocenters. The highest BCUT2D eigenvalue weighted by Crippen LogP contribution is 2.49. The van der Waals surface area contributed by atoms with Gasteiger partial charge in [0.05, 0.1) is 5.76 Å². The van der Waals surface area contributed by atoms with Crippen LogP contribution in [0.15, 0.2) is 42.7 Å². The molecule has 1 aromatic carbocycles. The number of hydrogen-bond acceptors (Lipinski definition) is 3. The van der Waals surface area contributed by atoms with E-state index >= 15 is 0 Å². The van der Waals surface area contributed by atoms with E-state index in [2.05, 4.69) is 18.7 Å². The zero-order valence-electron chi connectivity index (χ0n) is 12.2. The molecule has 110 valence electrons. The second-order valence-electron chi connectivity index (χ2n) is 6.09. The smallest absolute Gasteiger partial charge is 0.414 e. The predicted octanol–water partition coefficient (Wildman–Crippen LogP) is 2.89. The minimum Gasteiger partial charge on any atom is -0.416 e. The van der Waals surface area contributed by atoms with E-state index in [1.54, 1.807) is 11.8 Å². The molecule has 1 aliphatic heterocycles. The molecule has 1 aromatic rings. The molecule has 0 bridgehead atoms. The molecule has 3 rings (SSSR count). The maximum Gasteiger partial charge on any atom is 0.414 e. The Kier molecular flexibility index (Phi) is 3.32. The van der Waals surface area contributed by atoms with E-state index in [1.807, 2.05) is 18.2 Å². The highest BCUT2D eigenvalue weighted by atomic mass is 16.6. The molecular weight excluding hydrogens is 266 g/mol. The van der Waals surface area contributed by atoms with Crippen LogP contribution >= 0.6 is 0 Å². The molecule has 21 heavy (non-hydrogen) atoms. The van der Waals surface area contributed by atoms with Gasteiger partial charge in [-0.1, -0.05) is 36.9 Å². The topological polar surface area (TPSA) is 46.6 Å². The van der Waals surface area contributed by atoms with E-state index in [-0.39, 0.29) is 23.2 Å². The van der Waals surface area contributed by atoms with Crippen molar-refractivity contribution in [1.82, 2.24) is 4.90 Å². The number of benzene rings is 1. The molecule has 0 spiro atoms. The molecule has 1 aliphatic carbocycles. The number of carbonyl (C=O) groups excluding carboxylic acids is 2. The Morgan fingerprint density at radius 2 is 2.10 bits per heavy atom. The summed E-state index contributed by atoms with van der Waals surface area (Å²) in [5, 5.41) is 0. The molecule has 0 aromatic heterocycles. The van der Waals surface area contributed by atoms with Crippen molar-refractivity contribution in [2.75, 3.05) is 13.1 Å². The van der Waals surface area contributed by atoms with E-state index in [1.165, 1.54) is 0 Å². The zero-order valence-corrected chi connectivity index (χ0v) is 12.2. The summed E-state index contributed by atoms with van der Waals surface area (Å²) in [6.45, 7) is 6.38. The fourth-order valence-electron chi connectivity index (χ4n) is 3.69. The number of amides is 1. The van der Waals surface area contributed by atoms with Gasteiger partial charge in [0.25, 0.3) is 0 Å². The summed E-state index contributed by atoms with van der Waals surface area (Å²) in [5.74, 6) is 0.865. The Morgan fingerprint density at radius 3 is 2.76 bits per heavy atom. The Balaban J connectivity index is 1.89. The molecule has 4 nitrogen and oxygen atoms in total. The third kappa shape index (κ3) is 2.35. The van der Waals surface area contributed by atoms with Crippen LogP contribution in [-0.2, 0) is 14.9 Å². The quantitative estimate of drug-likeness (QED) is 0.785. The van der Waals surface area contributed by atoms with Crippen LogP contribution in [-0.4, -0.2) is 29.9 Å². The average molecular weight is 285 g/mol. The van der Waals surface area contributed by atoms with Gasteiger partial charge in [0.2, 0.25) is 0 Å². The van der Waals surface area contributed by atoms with Crippen molar-refractivity contribution in [3.8, 4) is 0 Å². The van der Waals surface area contributed by atoms with Crippen molar-refractivity contribution in [3.05, 3.63) is 48.2 Å². The fourth-order valence-corrected chi connectivity index (χ4v) is 3.69. The average Bonchev–Trinajstić information content (AvgIpc) is 2.92. The van der Waals surface area contributed by atoms with Gasteiger partial charge in [-0.15, -0.1) is 0 Å². The monoisotopic (exact) mass is 285 g/mol. The van der Waals surface area contributed by atoms with Crippen molar-refractivity contribution >= 4 is 11.9 Å². The summed E-state index contributed by atoms with van der Waals surface area (Å²) in [7, 11) is 0. The molecular formula is C17H19NO3. The maximum atomic E-state index is 12.1. The van der Waals surface area contributed by atoms with Crippen LogP contribution in [0.1, 0.15) is 25.3 Å². The Hall–Kier alpha value is -2.10. The van der Waals surface area contributed by atoms with Crippen molar-refractivity contribution in [1.29, 1.82) is 0 Å². The third-order valence-electron chi connectivity index (χ3n) is 4.55. The van der Waals surface area contributed by atoms with E-state index in [0.29, 0.717) is 31.7 Å². The van der Waals surface area contributed by atoms with Gasteiger partial charge in [0, 0.05) is 31.3 Å². The molecule has 1 saturated carbocycles. The van der Waals surface area contributed by atoms with Crippen LogP contribution in [0.3, 0.4) is 0 Å². The van der Waals surface area contributed by atoms with Gasteiger partial charge in [-0.3, -0.25) is 4.79 Å². The largest absolute Gasteiger partial charge is 0.416 e. The van der Waals surface area contributed by atoms with Gasteiger partial charge in [-0.25, -0.2) is 4.79 Å². The summed E-state index contributed by atoms with van der Waals surface area (Å²) < 4.78 is 5.11. The van der Waals surface area contributed by atoms with Gasteiger partial charge in [-0.05, 0) is 18.4 Å². The number of fused-ring (bicyclic) bond motifs is 1. The third-order valence-corrected chi connectivity index (χ3v) is 4.55. The van der Waals surface area contributed by atoms with Gasteiger partial charge in [0.15, 0.2) is 0 Å². The first-order valence-electron chi connectivity index (χ1n) is 7.21. The first-order valence-corrected chi connectivity index (χ1v) is 7.21. The van der Waals surface area contributed by atoms with Crippen LogP contribution < -0.4 is 0 Å². The Labute approximate surface area is 124 Å². The van der Waals surface area contributed by atoms with E-state index in [9.17, 15) is 9.59 Å². The summed E-state index contributed by atoms with van der Waals surface area (Å²) in [4.78, 5) is 25.7. The van der Waals surface area contributed by atoms with Crippen LogP contribution in [0.4, 0.5) is 4.79 Å². The molecule has 1 heterocycles. The molecule has 2 fully saturated rings. The molecule has 1 amide bonds. The predicted molar refractivity (Wildman–Crippen MR) is 78.7 cm³/mol. The van der Waals surface area contributed by atoms with Crippen LogP contribution in [0.25, 0.3) is 0 Å². The fraction of sp³-hybridized carbons (Fsp3) is 0.412. The Bertz CT molecular complexity index is 595. The summed E-state index contributed by atoms with van der Waals surface area (Å²) in [6.07, 6.45) is 0.698. The molecule has 0 radical (unpaired) electrons. The van der Waals surface area contributed by atoms with Crippen molar-refractivity contribution in [2.24, 2.45) is 5.92 Å². The van der Waals surface area contributed by atoms with E-state index in [0.717, 1.165) is 5.56 Å². The van der Waals surface area contributed by atoms with Gasteiger partial charge in [0.1, 0.15) is 5.78 Å². The SMILES string of the molecule is C=C(C)OC(=O)N1C[C@H]2CC(=O)C[C@@]2(c2ccccc2)C1. The van der Waals surface area contributed by atoms with Gasteiger partial charge < -0.3 is 9.64 Å². The van der Waals surface area contributed by atoms with Gasteiger partial charge in [-0.2, -0.15) is 0 Å². The number of likely N-dealkylation sites (tertiary alicyclic amines) is 1. The lowest BCUT2D eigenvalue weighted by Gasteiger charge is -2.28. The first-order chi connectivity index (χ1) is 10.0. The van der Waals surface area contributed by atoms with Crippen molar-refractivity contribution in [2.45, 2.75) is 25.2 Å². The normalized spacial score (nSPS) is 27.6. The Morgan fingerprint density at radius 1 is 1.38 bits per heavy atom. The number of ketones is 1. The standard InChI is InChI=1S/C17H19NO3/c1-12(2)21-16(20)18-10-14-8-15(19)9-17(14,11-18)13-6-4-3-5-7-13/h3-7,14H,1,8-11H2,2H3/t14-,17+/m1/s1. The first kappa shape index (κ1) is 13.9. The minimum atomic E-state index is -0.361. The lowest BCUT2D eigenvalue weighted by atomic mass is 9.75. The highest BCUT2D eigenvalue weighted by Gasteiger charge is 2.54. The van der Waals surface area contributed by atoms with Crippen LogP contribution in [0.2, 0.25) is 0 Å². The summed E-state index contributed by atoms with van der Waals surface area (Å²) >= 11 is 0.